The summed E-state index contributed by atoms with van der Waals surface area (Å²) in [6.07, 6.45) is 1.05. The van der Waals surface area contributed by atoms with Crippen molar-refractivity contribution in [3.63, 3.8) is 0 Å². The number of rotatable bonds is 3. The molecule has 17 heavy (non-hydrogen) atoms. The molecule has 3 nitrogen and oxygen atoms in total. The molecule has 1 saturated heterocycles. The van der Waals surface area contributed by atoms with Gasteiger partial charge in [-0.3, -0.25) is 4.79 Å². The molecule has 0 radical (unpaired) electrons. The molecule has 0 aromatic heterocycles. The van der Waals surface area contributed by atoms with E-state index in [1.54, 1.807) is 0 Å². The second-order valence-corrected chi connectivity index (χ2v) is 4.81. The average Bonchev–Trinajstić information content (AvgIpc) is 2.87. The summed E-state index contributed by atoms with van der Waals surface area (Å²) in [6.45, 7) is 4.35. The van der Waals surface area contributed by atoms with Crippen molar-refractivity contribution in [2.45, 2.75) is 19.3 Å². The number of amides is 1. The van der Waals surface area contributed by atoms with Gasteiger partial charge in [0.1, 0.15) is 0 Å². The quantitative estimate of drug-likeness (QED) is 0.860. The van der Waals surface area contributed by atoms with Gasteiger partial charge in [0.15, 0.2) is 0 Å². The third kappa shape index (κ3) is 2.67. The molecule has 1 aliphatic rings. The number of nitrogens with zero attached hydrogens (tertiary/aromatic N) is 1. The third-order valence-corrected chi connectivity index (χ3v) is 3.60. The van der Waals surface area contributed by atoms with Crippen molar-refractivity contribution in [1.82, 2.24) is 4.90 Å². The van der Waals surface area contributed by atoms with Gasteiger partial charge in [-0.2, -0.15) is 0 Å². The number of carbonyl (C=O) groups is 1. The number of nitrogens with two attached hydrogens (primary N) is 1. The van der Waals surface area contributed by atoms with Crippen LogP contribution in [0.1, 0.15) is 24.8 Å². The lowest BCUT2D eigenvalue weighted by Gasteiger charge is -2.21. The number of hydrogen-bond donors (Lipinski definition) is 1. The first-order valence-corrected chi connectivity index (χ1v) is 6.26. The van der Waals surface area contributed by atoms with Gasteiger partial charge in [-0.25, -0.2) is 0 Å². The Morgan fingerprint density at radius 1 is 1.47 bits per heavy atom. The van der Waals surface area contributed by atoms with E-state index in [0.29, 0.717) is 12.5 Å². The first-order valence-electron chi connectivity index (χ1n) is 6.26. The molecule has 2 unspecified atom stereocenters. The van der Waals surface area contributed by atoms with E-state index in [1.807, 2.05) is 42.2 Å². The minimum absolute atomic E-state index is 0.0484. The highest BCUT2D eigenvalue weighted by Crippen LogP contribution is 2.22. The molecule has 1 aromatic carbocycles. The summed E-state index contributed by atoms with van der Waals surface area (Å²) in [5.74, 6) is 0.668. The summed E-state index contributed by atoms with van der Waals surface area (Å²) in [4.78, 5) is 14.2. The molecule has 2 atom stereocenters. The lowest BCUT2D eigenvalue weighted by Crippen LogP contribution is -2.33. The van der Waals surface area contributed by atoms with Crippen LogP contribution in [-0.2, 0) is 4.79 Å². The average molecular weight is 232 g/mol. The Hall–Kier alpha value is -1.35. The number of likely N-dealkylation sites (tertiary alicyclic amines) is 1. The summed E-state index contributed by atoms with van der Waals surface area (Å²) < 4.78 is 0. The molecule has 1 fully saturated rings. The number of benzene rings is 1. The molecule has 0 aliphatic carbocycles. The standard InChI is InChI=1S/C14H20N2O/c1-11(13-5-3-2-4-6-13)14(17)16-8-7-12(9-15)10-16/h2-6,11-12H,7-10,15H2,1H3. The van der Waals surface area contributed by atoms with Crippen molar-refractivity contribution in [3.05, 3.63) is 35.9 Å². The van der Waals surface area contributed by atoms with Crippen molar-refractivity contribution in [1.29, 1.82) is 0 Å². The third-order valence-electron chi connectivity index (χ3n) is 3.60. The molecule has 1 aromatic rings. The molecule has 1 amide bonds. The lowest BCUT2D eigenvalue weighted by molar-refractivity contribution is -0.131. The number of carbonyl (C=O) groups excluding carboxylic acids is 1. The summed E-state index contributed by atoms with van der Waals surface area (Å²) in [7, 11) is 0. The van der Waals surface area contributed by atoms with Crippen LogP contribution in [0.25, 0.3) is 0 Å². The fourth-order valence-corrected chi connectivity index (χ4v) is 2.38. The van der Waals surface area contributed by atoms with Crippen LogP contribution in [0, 0.1) is 5.92 Å². The summed E-state index contributed by atoms with van der Waals surface area (Å²) in [5.41, 5.74) is 6.74. The zero-order chi connectivity index (χ0) is 12.3. The van der Waals surface area contributed by atoms with Crippen molar-refractivity contribution < 1.29 is 4.79 Å². The van der Waals surface area contributed by atoms with Crippen molar-refractivity contribution in [2.24, 2.45) is 11.7 Å². The maximum absolute atomic E-state index is 12.3. The van der Waals surface area contributed by atoms with Crippen LogP contribution in [0.3, 0.4) is 0 Å². The van der Waals surface area contributed by atoms with E-state index >= 15 is 0 Å². The topological polar surface area (TPSA) is 46.3 Å². The molecule has 2 N–H and O–H groups in total. The molecule has 2 rings (SSSR count). The molecule has 0 saturated carbocycles. The van der Waals surface area contributed by atoms with Crippen LogP contribution in [0.4, 0.5) is 0 Å². The highest BCUT2D eigenvalue weighted by molar-refractivity contribution is 5.83. The SMILES string of the molecule is CC(C(=O)N1CCC(CN)C1)c1ccccc1. The predicted octanol–water partition coefficient (Wildman–Crippen LogP) is 1.60. The highest BCUT2D eigenvalue weighted by Gasteiger charge is 2.28. The lowest BCUT2D eigenvalue weighted by atomic mass is 10.00. The number of hydrogen-bond acceptors (Lipinski definition) is 2. The molecule has 0 spiro atoms. The van der Waals surface area contributed by atoms with E-state index in [4.69, 9.17) is 5.73 Å². The normalized spacial score (nSPS) is 21.5. The maximum Gasteiger partial charge on any atom is 0.229 e. The van der Waals surface area contributed by atoms with Crippen LogP contribution in [0.2, 0.25) is 0 Å². The van der Waals surface area contributed by atoms with Crippen molar-refractivity contribution in [2.75, 3.05) is 19.6 Å². The Labute approximate surface area is 103 Å². The highest BCUT2D eigenvalue weighted by atomic mass is 16.2. The molecule has 92 valence electrons. The zero-order valence-corrected chi connectivity index (χ0v) is 10.3. The Kier molecular flexibility index (Phi) is 3.79. The maximum atomic E-state index is 12.3. The molecular formula is C14H20N2O. The van der Waals surface area contributed by atoms with E-state index in [-0.39, 0.29) is 11.8 Å². The van der Waals surface area contributed by atoms with Crippen LogP contribution in [0.5, 0.6) is 0 Å². The van der Waals surface area contributed by atoms with Gasteiger partial charge in [0.05, 0.1) is 5.92 Å². The monoisotopic (exact) mass is 232 g/mol. The molecular weight excluding hydrogens is 212 g/mol. The largest absolute Gasteiger partial charge is 0.342 e. The summed E-state index contributed by atoms with van der Waals surface area (Å²) >= 11 is 0. The van der Waals surface area contributed by atoms with E-state index < -0.39 is 0 Å². The van der Waals surface area contributed by atoms with Gasteiger partial charge < -0.3 is 10.6 Å². The van der Waals surface area contributed by atoms with E-state index in [1.165, 1.54) is 0 Å². The van der Waals surface area contributed by atoms with Gasteiger partial charge in [-0.15, -0.1) is 0 Å². The van der Waals surface area contributed by atoms with Crippen LogP contribution in [0.15, 0.2) is 30.3 Å². The van der Waals surface area contributed by atoms with Crippen LogP contribution < -0.4 is 5.73 Å². The summed E-state index contributed by atoms with van der Waals surface area (Å²) in [6, 6.07) is 9.96. The zero-order valence-electron chi connectivity index (χ0n) is 10.3. The Balaban J connectivity index is 2.01. The minimum atomic E-state index is -0.0484. The van der Waals surface area contributed by atoms with Gasteiger partial charge in [0.25, 0.3) is 0 Å². The van der Waals surface area contributed by atoms with Crippen LogP contribution in [-0.4, -0.2) is 30.4 Å². The second-order valence-electron chi connectivity index (χ2n) is 4.81. The van der Waals surface area contributed by atoms with E-state index in [2.05, 4.69) is 0 Å². The summed E-state index contributed by atoms with van der Waals surface area (Å²) in [5, 5.41) is 0. The molecule has 1 heterocycles. The minimum Gasteiger partial charge on any atom is -0.342 e. The van der Waals surface area contributed by atoms with Gasteiger partial charge in [-0.1, -0.05) is 30.3 Å². The first-order chi connectivity index (χ1) is 8.22. The fraction of sp³-hybridized carbons (Fsp3) is 0.500. The van der Waals surface area contributed by atoms with Gasteiger partial charge in [0, 0.05) is 13.1 Å². The van der Waals surface area contributed by atoms with Crippen molar-refractivity contribution >= 4 is 5.91 Å². The Morgan fingerprint density at radius 2 is 2.18 bits per heavy atom. The predicted molar refractivity (Wildman–Crippen MR) is 68.6 cm³/mol. The second kappa shape index (κ2) is 5.32. The fourth-order valence-electron chi connectivity index (χ4n) is 2.38. The van der Waals surface area contributed by atoms with Gasteiger partial charge in [0.2, 0.25) is 5.91 Å². The first kappa shape index (κ1) is 12.1. The van der Waals surface area contributed by atoms with Crippen molar-refractivity contribution in [3.8, 4) is 0 Å². The van der Waals surface area contributed by atoms with Crippen LogP contribution >= 0.6 is 0 Å². The molecule has 3 heteroatoms. The molecule has 0 bridgehead atoms. The Morgan fingerprint density at radius 3 is 2.76 bits per heavy atom. The molecule has 1 aliphatic heterocycles. The van der Waals surface area contributed by atoms with Gasteiger partial charge in [-0.05, 0) is 31.4 Å². The van der Waals surface area contributed by atoms with Gasteiger partial charge >= 0.3 is 0 Å². The Bertz CT molecular complexity index is 377. The van der Waals surface area contributed by atoms with E-state index in [9.17, 15) is 4.79 Å². The van der Waals surface area contributed by atoms with E-state index in [0.717, 1.165) is 25.1 Å². The smallest absolute Gasteiger partial charge is 0.229 e.